The zero-order chi connectivity index (χ0) is 20.1. The Balaban J connectivity index is 0.00000300. The first kappa shape index (κ1) is 23.9. The van der Waals surface area contributed by atoms with Crippen molar-refractivity contribution in [1.29, 1.82) is 0 Å². The second kappa shape index (κ2) is 11.1. The van der Waals surface area contributed by atoms with Crippen LogP contribution in [0, 0.1) is 0 Å². The van der Waals surface area contributed by atoms with E-state index in [0.717, 1.165) is 57.5 Å². The van der Waals surface area contributed by atoms with Crippen molar-refractivity contribution in [1.82, 2.24) is 29.8 Å². The molecule has 1 amide bonds. The summed E-state index contributed by atoms with van der Waals surface area (Å²) >= 11 is 0. The Morgan fingerprint density at radius 1 is 1.21 bits per heavy atom. The summed E-state index contributed by atoms with van der Waals surface area (Å²) < 4.78 is 1.72. The maximum atomic E-state index is 12.7. The molecule has 2 saturated heterocycles. The highest BCUT2D eigenvalue weighted by Crippen LogP contribution is 2.16. The lowest BCUT2D eigenvalue weighted by Crippen LogP contribution is -2.55. The lowest BCUT2D eigenvalue weighted by molar-refractivity contribution is -0.120. The van der Waals surface area contributed by atoms with Crippen LogP contribution < -0.4 is 10.2 Å². The lowest BCUT2D eigenvalue weighted by atomic mass is 10.2. The monoisotopic (exact) mass is 518 g/mol. The number of halogens is 1. The number of guanidine groups is 1. The Kier molecular flexibility index (Phi) is 9.15. The number of hydrogen-bond acceptors (Lipinski definition) is 5. The number of carbonyl (C=O) groups is 1. The summed E-state index contributed by atoms with van der Waals surface area (Å²) in [5, 5.41) is 7.53. The number of hydrogen-bond donors (Lipinski definition) is 1. The molecule has 3 heterocycles. The lowest BCUT2D eigenvalue weighted by Gasteiger charge is -2.37. The van der Waals surface area contributed by atoms with Crippen LogP contribution in [0.1, 0.15) is 13.8 Å². The first-order valence-corrected chi connectivity index (χ1v) is 10.2. The highest BCUT2D eigenvalue weighted by Gasteiger charge is 2.28. The van der Waals surface area contributed by atoms with Crippen molar-refractivity contribution in [3.8, 4) is 0 Å². The van der Waals surface area contributed by atoms with Crippen LogP contribution in [0.4, 0.5) is 5.69 Å². The highest BCUT2D eigenvalue weighted by atomic mass is 127. The Morgan fingerprint density at radius 3 is 2.52 bits per heavy atom. The van der Waals surface area contributed by atoms with Crippen molar-refractivity contribution in [3.63, 3.8) is 0 Å². The fourth-order valence-electron chi connectivity index (χ4n) is 3.70. The molecule has 3 rings (SSSR count). The summed E-state index contributed by atoms with van der Waals surface area (Å²) in [6, 6.07) is 0.398. The molecule has 2 aliphatic heterocycles. The average Bonchev–Trinajstić information content (AvgIpc) is 3.11. The molecule has 1 atom stereocenters. The van der Waals surface area contributed by atoms with Crippen molar-refractivity contribution in [2.75, 3.05) is 70.9 Å². The number of anilines is 1. The van der Waals surface area contributed by atoms with E-state index in [4.69, 9.17) is 4.99 Å². The molecule has 29 heavy (non-hydrogen) atoms. The van der Waals surface area contributed by atoms with Crippen LogP contribution in [0.5, 0.6) is 0 Å². The average molecular weight is 518 g/mol. The molecule has 1 aromatic heterocycles. The molecule has 2 fully saturated rings. The van der Waals surface area contributed by atoms with E-state index < -0.39 is 0 Å². The van der Waals surface area contributed by atoms with E-state index in [2.05, 4.69) is 46.0 Å². The molecule has 164 valence electrons. The van der Waals surface area contributed by atoms with Crippen LogP contribution in [-0.2, 0) is 11.8 Å². The van der Waals surface area contributed by atoms with E-state index in [-0.39, 0.29) is 29.9 Å². The van der Waals surface area contributed by atoms with Gasteiger partial charge >= 0.3 is 0 Å². The number of nitrogens with zero attached hydrogens (tertiary/aromatic N) is 7. The summed E-state index contributed by atoms with van der Waals surface area (Å²) in [7, 11) is 4.04. The van der Waals surface area contributed by atoms with E-state index in [1.165, 1.54) is 0 Å². The molecule has 9 nitrogen and oxygen atoms in total. The summed E-state index contributed by atoms with van der Waals surface area (Å²) in [5.74, 6) is 0.916. The fraction of sp³-hybridized carbons (Fsp3) is 0.737. The van der Waals surface area contributed by atoms with Crippen molar-refractivity contribution in [2.45, 2.75) is 19.9 Å². The molecular formula is C19H35IN8O. The topological polar surface area (TPSA) is 72.2 Å². The molecule has 0 radical (unpaired) electrons. The normalized spacial score (nSPS) is 20.6. The van der Waals surface area contributed by atoms with Crippen molar-refractivity contribution < 1.29 is 4.79 Å². The van der Waals surface area contributed by atoms with Gasteiger partial charge < -0.3 is 20.0 Å². The minimum Gasteiger partial charge on any atom is -0.357 e. The van der Waals surface area contributed by atoms with Gasteiger partial charge in [-0.15, -0.1) is 24.0 Å². The summed E-state index contributed by atoms with van der Waals surface area (Å²) in [4.78, 5) is 26.3. The molecule has 0 aliphatic carbocycles. The van der Waals surface area contributed by atoms with Gasteiger partial charge in [0.2, 0.25) is 5.91 Å². The second-order valence-electron chi connectivity index (χ2n) is 7.72. The van der Waals surface area contributed by atoms with Gasteiger partial charge in [0.05, 0.1) is 18.4 Å². The number of likely N-dealkylation sites (N-methyl/N-ethyl adjacent to an activating group) is 1. The maximum Gasteiger partial charge on any atom is 0.246 e. The molecule has 0 aromatic carbocycles. The Morgan fingerprint density at radius 2 is 1.93 bits per heavy atom. The molecule has 1 aromatic rings. The molecule has 2 aliphatic rings. The van der Waals surface area contributed by atoms with Gasteiger partial charge in [0.1, 0.15) is 6.54 Å². The number of aryl methyl sites for hydroxylation is 1. The third-order valence-electron chi connectivity index (χ3n) is 5.52. The van der Waals surface area contributed by atoms with E-state index in [1.807, 2.05) is 13.2 Å². The van der Waals surface area contributed by atoms with Crippen LogP contribution in [-0.4, -0.2) is 108 Å². The van der Waals surface area contributed by atoms with Crippen LogP contribution in [0.25, 0.3) is 0 Å². The fourth-order valence-corrected chi connectivity index (χ4v) is 3.70. The summed E-state index contributed by atoms with van der Waals surface area (Å²) in [6.07, 6.45) is 3.62. The van der Waals surface area contributed by atoms with Gasteiger partial charge in [0.25, 0.3) is 0 Å². The Bertz CT molecular complexity index is 686. The van der Waals surface area contributed by atoms with Gasteiger partial charge in [-0.05, 0) is 20.9 Å². The first-order chi connectivity index (χ1) is 13.5. The predicted molar refractivity (Wildman–Crippen MR) is 127 cm³/mol. The van der Waals surface area contributed by atoms with E-state index in [9.17, 15) is 4.79 Å². The smallest absolute Gasteiger partial charge is 0.246 e. The van der Waals surface area contributed by atoms with Gasteiger partial charge in [-0.2, -0.15) is 5.10 Å². The van der Waals surface area contributed by atoms with Gasteiger partial charge in [0.15, 0.2) is 5.96 Å². The van der Waals surface area contributed by atoms with Crippen molar-refractivity contribution in [2.24, 2.45) is 12.0 Å². The number of rotatable bonds is 5. The quantitative estimate of drug-likeness (QED) is 0.344. The highest BCUT2D eigenvalue weighted by molar-refractivity contribution is 14.0. The molecule has 10 heteroatoms. The third-order valence-corrected chi connectivity index (χ3v) is 5.52. The predicted octanol–water partition coefficient (Wildman–Crippen LogP) is 0.288. The van der Waals surface area contributed by atoms with Gasteiger partial charge in [0, 0.05) is 65.1 Å². The molecular weight excluding hydrogens is 483 g/mol. The first-order valence-electron chi connectivity index (χ1n) is 10.2. The number of aromatic nitrogens is 2. The molecule has 0 spiro atoms. The van der Waals surface area contributed by atoms with Gasteiger partial charge in [-0.3, -0.25) is 19.4 Å². The second-order valence-corrected chi connectivity index (χ2v) is 7.72. The molecule has 1 unspecified atom stereocenters. The van der Waals surface area contributed by atoms with Gasteiger partial charge in [-0.1, -0.05) is 0 Å². The third kappa shape index (κ3) is 6.29. The van der Waals surface area contributed by atoms with E-state index in [1.54, 1.807) is 15.8 Å². The summed E-state index contributed by atoms with van der Waals surface area (Å²) in [6.45, 7) is 12.0. The van der Waals surface area contributed by atoms with E-state index in [0.29, 0.717) is 19.1 Å². The molecule has 0 saturated carbocycles. The molecule has 1 N–H and O–H groups in total. The zero-order valence-corrected chi connectivity index (χ0v) is 20.4. The standard InChI is InChI=1S/C19H34N8O.HI/c1-5-20-19(21-12-16(2)25-8-6-23(3)7-9-25)26-10-11-27(18(28)15-26)17-13-22-24(4)14-17;/h13-14,16H,5-12,15H2,1-4H3,(H,20,21);1H. The van der Waals surface area contributed by atoms with Gasteiger partial charge in [-0.25, -0.2) is 0 Å². The number of nitrogens with one attached hydrogen (secondary N) is 1. The Hall–Kier alpha value is -1.40. The van der Waals surface area contributed by atoms with Crippen LogP contribution >= 0.6 is 24.0 Å². The van der Waals surface area contributed by atoms with Crippen LogP contribution in [0.15, 0.2) is 17.4 Å². The van der Waals surface area contributed by atoms with Crippen molar-refractivity contribution in [3.05, 3.63) is 12.4 Å². The zero-order valence-electron chi connectivity index (χ0n) is 18.0. The number of amides is 1. The largest absolute Gasteiger partial charge is 0.357 e. The van der Waals surface area contributed by atoms with E-state index >= 15 is 0 Å². The van der Waals surface area contributed by atoms with Crippen molar-refractivity contribution >= 4 is 41.5 Å². The number of aliphatic imine (C=N–C) groups is 1. The minimum atomic E-state index is 0. The SMILES string of the molecule is CCNC(=NCC(C)N1CCN(C)CC1)N1CCN(c2cnn(C)c2)C(=O)C1.I. The number of piperazine rings is 2. The molecule has 0 bridgehead atoms. The maximum absolute atomic E-state index is 12.7. The minimum absolute atomic E-state index is 0. The summed E-state index contributed by atoms with van der Waals surface area (Å²) in [5.41, 5.74) is 0.859. The van der Waals surface area contributed by atoms with Crippen LogP contribution in [0.2, 0.25) is 0 Å². The van der Waals surface area contributed by atoms with Crippen LogP contribution in [0.3, 0.4) is 0 Å². The number of carbonyl (C=O) groups excluding carboxylic acids is 1. The Labute approximate surface area is 191 Å².